The molecule has 2 aliphatic rings. The maximum absolute atomic E-state index is 12.5. The van der Waals surface area contributed by atoms with E-state index in [4.69, 9.17) is 4.52 Å². The largest absolute Gasteiger partial charge is 0.359 e. The number of amides is 1. The minimum atomic E-state index is -0.291. The number of hydrogen-bond acceptors (Lipinski definition) is 4. The number of rotatable bonds is 4. The molecule has 2 aromatic heterocycles. The number of pyridine rings is 1. The molecule has 0 atom stereocenters. The molecule has 0 saturated heterocycles. The summed E-state index contributed by atoms with van der Waals surface area (Å²) in [5.74, 6) is 1.21. The van der Waals surface area contributed by atoms with Crippen molar-refractivity contribution in [2.24, 2.45) is 0 Å². The van der Waals surface area contributed by atoms with Crippen molar-refractivity contribution in [3.05, 3.63) is 45.2 Å². The van der Waals surface area contributed by atoms with Crippen molar-refractivity contribution in [2.75, 3.05) is 5.32 Å². The fourth-order valence-corrected chi connectivity index (χ4v) is 2.66. The van der Waals surface area contributed by atoms with E-state index in [9.17, 15) is 9.59 Å². The Labute approximate surface area is 126 Å². The van der Waals surface area contributed by atoms with Crippen LogP contribution in [0, 0.1) is 6.92 Å². The first-order valence-corrected chi connectivity index (χ1v) is 7.63. The Hall–Kier alpha value is -2.37. The molecule has 4 rings (SSSR count). The van der Waals surface area contributed by atoms with Crippen molar-refractivity contribution in [3.8, 4) is 0 Å². The second-order valence-electron chi connectivity index (χ2n) is 6.20. The van der Waals surface area contributed by atoms with E-state index < -0.39 is 0 Å². The number of nitrogens with zero attached hydrogens (tertiary/aromatic N) is 1. The highest BCUT2D eigenvalue weighted by Crippen LogP contribution is 2.44. The Kier molecular flexibility index (Phi) is 2.92. The van der Waals surface area contributed by atoms with Crippen LogP contribution in [0.4, 0.5) is 5.69 Å². The zero-order valence-electron chi connectivity index (χ0n) is 12.3. The third-order valence-corrected chi connectivity index (χ3v) is 4.22. The van der Waals surface area contributed by atoms with Gasteiger partial charge in [0.2, 0.25) is 5.56 Å². The molecule has 0 aromatic carbocycles. The van der Waals surface area contributed by atoms with E-state index in [1.807, 2.05) is 0 Å². The number of anilines is 1. The van der Waals surface area contributed by atoms with Crippen molar-refractivity contribution in [1.29, 1.82) is 0 Å². The molecule has 2 heterocycles. The minimum absolute atomic E-state index is 0.237. The molecule has 0 unspecified atom stereocenters. The quantitative estimate of drug-likeness (QED) is 0.908. The first-order chi connectivity index (χ1) is 10.6. The third kappa shape index (κ3) is 2.45. The van der Waals surface area contributed by atoms with Gasteiger partial charge in [-0.25, -0.2) is 0 Å². The van der Waals surface area contributed by atoms with E-state index in [0.717, 1.165) is 37.1 Å². The van der Waals surface area contributed by atoms with Crippen LogP contribution in [0.5, 0.6) is 0 Å². The third-order valence-electron chi connectivity index (χ3n) is 4.22. The lowest BCUT2D eigenvalue weighted by molar-refractivity contribution is 0.102. The summed E-state index contributed by atoms with van der Waals surface area (Å²) in [6, 6.07) is 3.11. The Morgan fingerprint density at radius 2 is 2.00 bits per heavy atom. The highest BCUT2D eigenvalue weighted by atomic mass is 16.5. The highest BCUT2D eigenvalue weighted by molar-refractivity contribution is 6.04. The van der Waals surface area contributed by atoms with Crippen LogP contribution in [0.15, 0.2) is 21.5 Å². The maximum Gasteiger partial charge on any atom is 0.256 e. The monoisotopic (exact) mass is 299 g/mol. The van der Waals surface area contributed by atoms with Crippen LogP contribution in [-0.2, 0) is 0 Å². The van der Waals surface area contributed by atoms with Gasteiger partial charge >= 0.3 is 0 Å². The Morgan fingerprint density at radius 3 is 2.68 bits per heavy atom. The van der Waals surface area contributed by atoms with Gasteiger partial charge in [-0.05, 0) is 44.6 Å². The van der Waals surface area contributed by atoms with Crippen LogP contribution in [0.1, 0.15) is 65.0 Å². The van der Waals surface area contributed by atoms with Crippen molar-refractivity contribution < 1.29 is 9.32 Å². The number of H-pyrrole nitrogens is 1. The molecule has 2 fully saturated rings. The van der Waals surface area contributed by atoms with Gasteiger partial charge in [-0.15, -0.1) is 0 Å². The van der Waals surface area contributed by atoms with Gasteiger partial charge in [-0.2, -0.15) is 0 Å². The summed E-state index contributed by atoms with van der Waals surface area (Å²) >= 11 is 0. The lowest BCUT2D eigenvalue weighted by atomic mass is 10.1. The summed E-state index contributed by atoms with van der Waals surface area (Å²) in [7, 11) is 0. The Balaban J connectivity index is 1.62. The number of aryl methyl sites for hydroxylation is 1. The van der Waals surface area contributed by atoms with Crippen LogP contribution in [0.2, 0.25) is 0 Å². The van der Waals surface area contributed by atoms with Gasteiger partial charge in [0.1, 0.15) is 11.4 Å². The first-order valence-electron chi connectivity index (χ1n) is 7.63. The molecular weight excluding hydrogens is 282 g/mol. The lowest BCUT2D eigenvalue weighted by Crippen LogP contribution is -2.18. The predicted octanol–water partition coefficient (Wildman–Crippen LogP) is 2.68. The van der Waals surface area contributed by atoms with E-state index in [-0.39, 0.29) is 11.5 Å². The molecule has 0 radical (unpaired) electrons. The number of nitrogens with one attached hydrogen (secondary N) is 2. The fraction of sp³-hybridized carbons (Fsp3) is 0.438. The summed E-state index contributed by atoms with van der Waals surface area (Å²) in [5, 5.41) is 6.80. The topological polar surface area (TPSA) is 88.0 Å². The van der Waals surface area contributed by atoms with Crippen LogP contribution < -0.4 is 10.9 Å². The van der Waals surface area contributed by atoms with E-state index in [1.165, 1.54) is 6.07 Å². The smallest absolute Gasteiger partial charge is 0.256 e. The molecule has 0 bridgehead atoms. The number of carbonyl (C=O) groups is 1. The van der Waals surface area contributed by atoms with Gasteiger partial charge in [0.15, 0.2) is 5.76 Å². The molecule has 2 aliphatic carbocycles. The van der Waals surface area contributed by atoms with Gasteiger partial charge in [-0.1, -0.05) is 5.16 Å². The molecule has 2 N–H and O–H groups in total. The van der Waals surface area contributed by atoms with Crippen LogP contribution >= 0.6 is 0 Å². The molecule has 22 heavy (non-hydrogen) atoms. The molecule has 6 heteroatoms. The zero-order valence-corrected chi connectivity index (χ0v) is 12.3. The summed E-state index contributed by atoms with van der Waals surface area (Å²) in [6.07, 6.45) is 4.26. The molecule has 0 aliphatic heterocycles. The van der Waals surface area contributed by atoms with Gasteiger partial charge in [0, 0.05) is 23.2 Å². The van der Waals surface area contributed by atoms with Gasteiger partial charge in [-0.3, -0.25) is 9.59 Å². The predicted molar refractivity (Wildman–Crippen MR) is 80.2 cm³/mol. The number of aromatic amines is 1. The molecule has 2 saturated carbocycles. The van der Waals surface area contributed by atoms with Crippen LogP contribution in [-0.4, -0.2) is 16.0 Å². The molecule has 2 aromatic rings. The summed E-state index contributed by atoms with van der Waals surface area (Å²) in [4.78, 5) is 27.0. The van der Waals surface area contributed by atoms with Crippen LogP contribution in [0.3, 0.4) is 0 Å². The first kappa shape index (κ1) is 13.3. The Morgan fingerprint density at radius 1 is 1.27 bits per heavy atom. The molecule has 0 spiro atoms. The SMILES string of the molecule is Cc1noc(C2CC2)c1NC(=O)c1cc(C2CC2)[nH]c(=O)c1. The molecule has 1 amide bonds. The van der Waals surface area contributed by atoms with Gasteiger partial charge < -0.3 is 14.8 Å². The lowest BCUT2D eigenvalue weighted by Gasteiger charge is -2.06. The van der Waals surface area contributed by atoms with Crippen molar-refractivity contribution in [1.82, 2.24) is 10.1 Å². The second-order valence-corrected chi connectivity index (χ2v) is 6.20. The van der Waals surface area contributed by atoms with E-state index in [1.54, 1.807) is 13.0 Å². The highest BCUT2D eigenvalue weighted by Gasteiger charge is 2.32. The van der Waals surface area contributed by atoms with Gasteiger partial charge in [0.25, 0.3) is 5.91 Å². The Bertz CT molecular complexity index is 797. The molecular formula is C16H17N3O3. The molecule has 6 nitrogen and oxygen atoms in total. The fourth-order valence-electron chi connectivity index (χ4n) is 2.66. The maximum atomic E-state index is 12.5. The minimum Gasteiger partial charge on any atom is -0.359 e. The molecule has 114 valence electrons. The number of aromatic nitrogens is 2. The van der Waals surface area contributed by atoms with E-state index in [2.05, 4.69) is 15.5 Å². The average molecular weight is 299 g/mol. The van der Waals surface area contributed by atoms with E-state index >= 15 is 0 Å². The zero-order chi connectivity index (χ0) is 15.3. The number of carbonyl (C=O) groups excluding carboxylic acids is 1. The van der Waals surface area contributed by atoms with Crippen molar-refractivity contribution in [2.45, 2.75) is 44.4 Å². The summed E-state index contributed by atoms with van der Waals surface area (Å²) in [6.45, 7) is 1.80. The van der Waals surface area contributed by atoms with E-state index in [0.29, 0.717) is 28.8 Å². The van der Waals surface area contributed by atoms with Crippen molar-refractivity contribution >= 4 is 11.6 Å². The van der Waals surface area contributed by atoms with Crippen LogP contribution in [0.25, 0.3) is 0 Å². The standard InChI is InChI=1S/C16H17N3O3/c1-8-14(15(22-19-8)10-4-5-10)18-16(21)11-6-12(9-2-3-9)17-13(20)7-11/h6-7,9-10H,2-5H2,1H3,(H,17,20)(H,18,21). The summed E-state index contributed by atoms with van der Waals surface area (Å²) in [5.41, 5.74) is 2.32. The normalized spacial score (nSPS) is 17.5. The number of hydrogen-bond donors (Lipinski definition) is 2. The average Bonchev–Trinajstić information content (AvgIpc) is 3.38. The van der Waals surface area contributed by atoms with Gasteiger partial charge in [0.05, 0.1) is 0 Å². The summed E-state index contributed by atoms with van der Waals surface area (Å²) < 4.78 is 5.32. The second kappa shape index (κ2) is 4.83. The van der Waals surface area contributed by atoms with Crippen molar-refractivity contribution in [3.63, 3.8) is 0 Å².